The number of rotatable bonds is 4. The molecule has 1 atom stereocenters. The first-order valence-electron chi connectivity index (χ1n) is 7.06. The third kappa shape index (κ3) is 4.51. The van der Waals surface area contributed by atoms with Gasteiger partial charge in [-0.05, 0) is 58.7 Å². The van der Waals surface area contributed by atoms with Crippen molar-refractivity contribution in [2.75, 3.05) is 19.7 Å². The Hall–Kier alpha value is -0.510. The molecule has 3 heteroatoms. The van der Waals surface area contributed by atoms with Crippen LogP contribution in [0.1, 0.15) is 32.8 Å². The molecule has 1 saturated heterocycles. The summed E-state index contributed by atoms with van der Waals surface area (Å²) in [7, 11) is 0. The van der Waals surface area contributed by atoms with Crippen LogP contribution in [0.4, 0.5) is 0 Å². The summed E-state index contributed by atoms with van der Waals surface area (Å²) in [6.45, 7) is 12.2. The molecule has 0 aromatic heterocycles. The van der Waals surface area contributed by atoms with E-state index in [-0.39, 0.29) is 0 Å². The van der Waals surface area contributed by atoms with Crippen molar-refractivity contribution in [3.63, 3.8) is 0 Å². The predicted molar refractivity (Wildman–Crippen MR) is 82.4 cm³/mol. The Balaban J connectivity index is 1.71. The smallest absolute Gasteiger partial charge is 0.0659 e. The second kappa shape index (κ2) is 6.29. The molecule has 0 aliphatic carbocycles. The van der Waals surface area contributed by atoms with Crippen molar-refractivity contribution >= 4 is 12.0 Å². The summed E-state index contributed by atoms with van der Waals surface area (Å²) in [5.74, 6) is 0.678. The van der Waals surface area contributed by atoms with Gasteiger partial charge in [0.2, 0.25) is 0 Å². The van der Waals surface area contributed by atoms with Crippen molar-refractivity contribution < 1.29 is 4.18 Å². The lowest BCUT2D eigenvalue weighted by molar-refractivity contribution is 0.161. The summed E-state index contributed by atoms with van der Waals surface area (Å²) in [6.07, 6.45) is 1.26. The minimum Gasteiger partial charge on any atom is -0.310 e. The molecule has 1 heterocycles. The molecular formula is C16H25NOS. The minimum absolute atomic E-state index is 0.291. The van der Waals surface area contributed by atoms with Crippen molar-refractivity contribution in [1.82, 2.24) is 4.90 Å². The maximum Gasteiger partial charge on any atom is 0.0659 e. The maximum absolute atomic E-state index is 5.79. The van der Waals surface area contributed by atoms with Gasteiger partial charge >= 0.3 is 0 Å². The molecule has 1 aromatic rings. The Labute approximate surface area is 121 Å². The third-order valence-electron chi connectivity index (χ3n) is 3.71. The molecule has 1 aliphatic heterocycles. The molecule has 1 unspecified atom stereocenters. The van der Waals surface area contributed by atoms with E-state index in [2.05, 4.69) is 56.9 Å². The van der Waals surface area contributed by atoms with Crippen LogP contribution in [0, 0.1) is 12.8 Å². The van der Waals surface area contributed by atoms with Crippen LogP contribution in [0.2, 0.25) is 0 Å². The Morgan fingerprint density at radius 2 is 1.95 bits per heavy atom. The van der Waals surface area contributed by atoms with E-state index in [9.17, 15) is 0 Å². The SMILES string of the molecule is Cc1ccc(SOCC2CCN(C(C)(C)C)C2)cc1. The quantitative estimate of drug-likeness (QED) is 0.769. The number of hydrogen-bond donors (Lipinski definition) is 0. The second-order valence-corrected chi connectivity index (χ2v) is 7.33. The molecule has 0 amide bonds. The van der Waals surface area contributed by atoms with Gasteiger partial charge in [0, 0.05) is 29.0 Å². The summed E-state index contributed by atoms with van der Waals surface area (Å²) >= 11 is 1.51. The van der Waals surface area contributed by atoms with Crippen LogP contribution >= 0.6 is 12.0 Å². The number of aryl methyl sites for hydroxylation is 1. The second-order valence-electron chi connectivity index (χ2n) is 6.45. The Kier molecular flexibility index (Phi) is 4.93. The Morgan fingerprint density at radius 1 is 1.26 bits per heavy atom. The van der Waals surface area contributed by atoms with E-state index in [4.69, 9.17) is 4.18 Å². The van der Waals surface area contributed by atoms with E-state index in [0.717, 1.165) is 13.2 Å². The highest BCUT2D eigenvalue weighted by Gasteiger charge is 2.30. The largest absolute Gasteiger partial charge is 0.310 e. The molecule has 0 spiro atoms. The van der Waals surface area contributed by atoms with Crippen molar-refractivity contribution in [1.29, 1.82) is 0 Å². The van der Waals surface area contributed by atoms with Gasteiger partial charge < -0.3 is 4.18 Å². The highest BCUT2D eigenvalue weighted by Crippen LogP contribution is 2.27. The van der Waals surface area contributed by atoms with Crippen LogP contribution in [-0.2, 0) is 4.18 Å². The molecule has 1 fully saturated rings. The average Bonchev–Trinajstić information content (AvgIpc) is 2.80. The first kappa shape index (κ1) is 14.9. The summed E-state index contributed by atoms with van der Waals surface area (Å²) in [4.78, 5) is 3.74. The van der Waals surface area contributed by atoms with Gasteiger partial charge in [-0.3, -0.25) is 4.90 Å². The molecule has 106 valence electrons. The monoisotopic (exact) mass is 279 g/mol. The van der Waals surface area contributed by atoms with Gasteiger partial charge in [0.05, 0.1) is 6.61 Å². The van der Waals surface area contributed by atoms with Crippen LogP contribution in [0.3, 0.4) is 0 Å². The number of likely N-dealkylation sites (tertiary alicyclic amines) is 1. The van der Waals surface area contributed by atoms with Gasteiger partial charge in [-0.2, -0.15) is 0 Å². The van der Waals surface area contributed by atoms with Gasteiger partial charge in [-0.1, -0.05) is 17.7 Å². The van der Waals surface area contributed by atoms with Crippen molar-refractivity contribution in [2.45, 2.75) is 44.6 Å². The zero-order valence-electron chi connectivity index (χ0n) is 12.5. The number of benzene rings is 1. The maximum atomic E-state index is 5.79. The molecule has 0 saturated carbocycles. The lowest BCUT2D eigenvalue weighted by Gasteiger charge is -2.31. The fourth-order valence-corrected chi connectivity index (χ4v) is 3.01. The molecule has 0 N–H and O–H groups in total. The van der Waals surface area contributed by atoms with Crippen molar-refractivity contribution in [3.05, 3.63) is 29.8 Å². The van der Waals surface area contributed by atoms with E-state index < -0.39 is 0 Å². The van der Waals surface area contributed by atoms with E-state index >= 15 is 0 Å². The normalized spacial score (nSPS) is 20.9. The summed E-state index contributed by atoms with van der Waals surface area (Å²) in [5, 5.41) is 0. The van der Waals surface area contributed by atoms with Gasteiger partial charge in [0.15, 0.2) is 0 Å². The lowest BCUT2D eigenvalue weighted by Crippen LogP contribution is -2.39. The van der Waals surface area contributed by atoms with Crippen LogP contribution < -0.4 is 0 Å². The highest BCUT2D eigenvalue weighted by molar-refractivity contribution is 7.94. The van der Waals surface area contributed by atoms with E-state index in [1.165, 1.54) is 35.5 Å². The minimum atomic E-state index is 0.291. The van der Waals surface area contributed by atoms with Crippen molar-refractivity contribution in [3.8, 4) is 0 Å². The topological polar surface area (TPSA) is 12.5 Å². The van der Waals surface area contributed by atoms with Crippen LogP contribution in [0.5, 0.6) is 0 Å². The third-order valence-corrected chi connectivity index (χ3v) is 4.43. The number of nitrogens with zero attached hydrogens (tertiary/aromatic N) is 1. The molecule has 1 aromatic carbocycles. The average molecular weight is 279 g/mol. The molecular weight excluding hydrogens is 254 g/mol. The molecule has 2 nitrogen and oxygen atoms in total. The van der Waals surface area contributed by atoms with Crippen molar-refractivity contribution in [2.24, 2.45) is 5.92 Å². The molecule has 0 bridgehead atoms. The van der Waals surface area contributed by atoms with E-state index in [1.807, 2.05) is 0 Å². The first-order chi connectivity index (χ1) is 8.95. The Morgan fingerprint density at radius 3 is 2.53 bits per heavy atom. The molecule has 1 aliphatic rings. The van der Waals surface area contributed by atoms with Crippen LogP contribution in [0.25, 0.3) is 0 Å². The van der Waals surface area contributed by atoms with Gasteiger partial charge in [-0.25, -0.2) is 0 Å². The summed E-state index contributed by atoms with van der Waals surface area (Å²) in [5.41, 5.74) is 1.58. The molecule has 19 heavy (non-hydrogen) atoms. The number of hydrogen-bond acceptors (Lipinski definition) is 3. The molecule has 0 radical (unpaired) electrons. The predicted octanol–water partition coefficient (Wildman–Crippen LogP) is 4.14. The summed E-state index contributed by atoms with van der Waals surface area (Å²) in [6, 6.07) is 8.50. The van der Waals surface area contributed by atoms with E-state index in [1.54, 1.807) is 0 Å². The van der Waals surface area contributed by atoms with E-state index in [0.29, 0.717) is 11.5 Å². The van der Waals surface area contributed by atoms with Crippen LogP contribution in [0.15, 0.2) is 29.2 Å². The lowest BCUT2D eigenvalue weighted by atomic mass is 10.1. The zero-order chi connectivity index (χ0) is 13.9. The van der Waals surface area contributed by atoms with Gasteiger partial charge in [0.1, 0.15) is 0 Å². The highest BCUT2D eigenvalue weighted by atomic mass is 32.2. The van der Waals surface area contributed by atoms with Gasteiger partial charge in [0.25, 0.3) is 0 Å². The molecule has 2 rings (SSSR count). The standard InChI is InChI=1S/C16H25NOS/c1-13-5-7-15(8-6-13)19-18-12-14-9-10-17(11-14)16(2,3)4/h5-8,14H,9-12H2,1-4H3. The summed E-state index contributed by atoms with van der Waals surface area (Å²) < 4.78 is 5.79. The fourth-order valence-electron chi connectivity index (χ4n) is 2.37. The van der Waals surface area contributed by atoms with Crippen LogP contribution in [-0.4, -0.2) is 30.1 Å². The Bertz CT molecular complexity index is 396. The zero-order valence-corrected chi connectivity index (χ0v) is 13.3. The fraction of sp³-hybridized carbons (Fsp3) is 0.625. The van der Waals surface area contributed by atoms with Gasteiger partial charge in [-0.15, -0.1) is 0 Å². The first-order valence-corrected chi connectivity index (χ1v) is 7.80.